The van der Waals surface area contributed by atoms with Gasteiger partial charge in [-0.05, 0) is 42.3 Å². The third kappa shape index (κ3) is 3.27. The summed E-state index contributed by atoms with van der Waals surface area (Å²) in [6.07, 6.45) is 0. The topological polar surface area (TPSA) is 38.7 Å². The van der Waals surface area contributed by atoms with Crippen molar-refractivity contribution in [1.82, 2.24) is 0 Å². The maximum absolute atomic E-state index is 13.6. The van der Waals surface area contributed by atoms with Gasteiger partial charge in [0.05, 0.1) is 13.7 Å². The summed E-state index contributed by atoms with van der Waals surface area (Å²) >= 11 is 0. The molecule has 0 spiro atoms. The van der Waals surface area contributed by atoms with Gasteiger partial charge in [0.2, 0.25) is 0 Å². The van der Waals surface area contributed by atoms with Crippen LogP contribution in [0.25, 0.3) is 0 Å². The Kier molecular flexibility index (Phi) is 4.58. The van der Waals surface area contributed by atoms with Crippen LogP contribution in [0.2, 0.25) is 0 Å². The number of hydrogen-bond acceptors (Lipinski definition) is 3. The summed E-state index contributed by atoms with van der Waals surface area (Å²) in [5.74, 6) is 0.463. The van der Waals surface area contributed by atoms with E-state index in [2.05, 4.69) is 0 Å². The van der Waals surface area contributed by atoms with Gasteiger partial charge in [-0.25, -0.2) is 4.39 Å². The van der Waals surface area contributed by atoms with Crippen LogP contribution in [0.1, 0.15) is 16.7 Å². The minimum Gasteiger partial charge on any atom is -0.496 e. The molecule has 3 nitrogen and oxygen atoms in total. The third-order valence-corrected chi connectivity index (χ3v) is 3.00. The SMILES string of the molecule is COc1ccc(CO)cc1COc1cc(C)ccc1F. The predicted molar refractivity (Wildman–Crippen MR) is 74.4 cm³/mol. The summed E-state index contributed by atoms with van der Waals surface area (Å²) in [5.41, 5.74) is 2.45. The molecule has 0 aliphatic carbocycles. The van der Waals surface area contributed by atoms with E-state index in [4.69, 9.17) is 14.6 Å². The van der Waals surface area contributed by atoms with Crippen molar-refractivity contribution < 1.29 is 19.0 Å². The maximum Gasteiger partial charge on any atom is 0.165 e. The number of methoxy groups -OCH3 is 1. The molecule has 0 atom stereocenters. The molecule has 0 bridgehead atoms. The molecule has 0 saturated carbocycles. The quantitative estimate of drug-likeness (QED) is 0.911. The van der Waals surface area contributed by atoms with E-state index in [0.717, 1.165) is 16.7 Å². The Labute approximate surface area is 117 Å². The molecule has 0 unspecified atom stereocenters. The van der Waals surface area contributed by atoms with Crippen LogP contribution in [0, 0.1) is 12.7 Å². The molecule has 0 radical (unpaired) electrons. The average molecular weight is 276 g/mol. The highest BCUT2D eigenvalue weighted by atomic mass is 19.1. The first-order valence-electron chi connectivity index (χ1n) is 6.29. The Morgan fingerprint density at radius 1 is 1.10 bits per heavy atom. The summed E-state index contributed by atoms with van der Waals surface area (Å²) in [5, 5.41) is 9.15. The standard InChI is InChI=1S/C16H17FO3/c1-11-3-5-14(17)16(7-11)20-10-13-8-12(9-18)4-6-15(13)19-2/h3-8,18H,9-10H2,1-2H3. The lowest BCUT2D eigenvalue weighted by Gasteiger charge is -2.12. The van der Waals surface area contributed by atoms with E-state index >= 15 is 0 Å². The first kappa shape index (κ1) is 14.3. The highest BCUT2D eigenvalue weighted by Gasteiger charge is 2.08. The molecular formula is C16H17FO3. The molecule has 0 heterocycles. The van der Waals surface area contributed by atoms with Crippen molar-refractivity contribution in [2.75, 3.05) is 7.11 Å². The zero-order valence-electron chi connectivity index (χ0n) is 11.5. The van der Waals surface area contributed by atoms with Crippen LogP contribution in [-0.4, -0.2) is 12.2 Å². The van der Waals surface area contributed by atoms with E-state index in [-0.39, 0.29) is 19.0 Å². The zero-order valence-corrected chi connectivity index (χ0v) is 11.5. The second kappa shape index (κ2) is 6.39. The Bertz CT molecular complexity index is 596. The summed E-state index contributed by atoms with van der Waals surface area (Å²) in [7, 11) is 1.56. The number of halogens is 1. The molecule has 1 N–H and O–H groups in total. The first-order valence-corrected chi connectivity index (χ1v) is 6.29. The fraction of sp³-hybridized carbons (Fsp3) is 0.250. The van der Waals surface area contributed by atoms with Gasteiger partial charge in [-0.2, -0.15) is 0 Å². The van der Waals surface area contributed by atoms with E-state index < -0.39 is 5.82 Å². The molecule has 0 aliphatic heterocycles. The lowest BCUT2D eigenvalue weighted by atomic mass is 10.1. The summed E-state index contributed by atoms with van der Waals surface area (Å²) in [6, 6.07) is 10.0. The van der Waals surface area contributed by atoms with Crippen molar-refractivity contribution >= 4 is 0 Å². The van der Waals surface area contributed by atoms with Gasteiger partial charge in [0.25, 0.3) is 0 Å². The second-order valence-corrected chi connectivity index (χ2v) is 4.53. The summed E-state index contributed by atoms with van der Waals surface area (Å²) in [6.45, 7) is 1.99. The fourth-order valence-corrected chi connectivity index (χ4v) is 1.92. The molecule has 106 valence electrons. The summed E-state index contributed by atoms with van der Waals surface area (Å²) < 4.78 is 24.3. The largest absolute Gasteiger partial charge is 0.496 e. The highest BCUT2D eigenvalue weighted by Crippen LogP contribution is 2.24. The highest BCUT2D eigenvalue weighted by molar-refractivity contribution is 5.37. The van der Waals surface area contributed by atoms with Crippen molar-refractivity contribution in [3.05, 3.63) is 58.9 Å². The zero-order chi connectivity index (χ0) is 14.5. The summed E-state index contributed by atoms with van der Waals surface area (Å²) in [4.78, 5) is 0. The van der Waals surface area contributed by atoms with Crippen molar-refractivity contribution in [3.63, 3.8) is 0 Å². The molecule has 0 saturated heterocycles. The number of benzene rings is 2. The number of ether oxygens (including phenoxy) is 2. The Balaban J connectivity index is 2.19. The van der Waals surface area contributed by atoms with Gasteiger partial charge in [-0.1, -0.05) is 12.1 Å². The fourth-order valence-electron chi connectivity index (χ4n) is 1.92. The number of rotatable bonds is 5. The number of aliphatic hydroxyl groups excluding tert-OH is 1. The molecule has 2 aromatic carbocycles. The molecule has 0 fully saturated rings. The van der Waals surface area contributed by atoms with Crippen LogP contribution in [0.15, 0.2) is 36.4 Å². The number of hydrogen-bond donors (Lipinski definition) is 1. The molecule has 2 rings (SSSR count). The molecule has 0 aliphatic rings. The predicted octanol–water partition coefficient (Wildman–Crippen LogP) is 3.21. The Hall–Kier alpha value is -2.07. The normalized spacial score (nSPS) is 10.4. The minimum atomic E-state index is -0.395. The average Bonchev–Trinajstić information content (AvgIpc) is 2.47. The molecule has 2 aromatic rings. The van der Waals surface area contributed by atoms with Gasteiger partial charge in [0, 0.05) is 5.56 Å². The number of aryl methyl sites for hydroxylation is 1. The molecule has 0 amide bonds. The molecule has 20 heavy (non-hydrogen) atoms. The van der Waals surface area contributed by atoms with Crippen LogP contribution in [0.5, 0.6) is 11.5 Å². The molecular weight excluding hydrogens is 259 g/mol. The lowest BCUT2D eigenvalue weighted by molar-refractivity contribution is 0.275. The van der Waals surface area contributed by atoms with Crippen molar-refractivity contribution in [1.29, 1.82) is 0 Å². The van der Waals surface area contributed by atoms with Crippen molar-refractivity contribution in [3.8, 4) is 11.5 Å². The lowest BCUT2D eigenvalue weighted by Crippen LogP contribution is -2.01. The smallest absolute Gasteiger partial charge is 0.165 e. The van der Waals surface area contributed by atoms with E-state index in [1.807, 2.05) is 6.92 Å². The van der Waals surface area contributed by atoms with Gasteiger partial charge >= 0.3 is 0 Å². The Morgan fingerprint density at radius 3 is 2.60 bits per heavy atom. The monoisotopic (exact) mass is 276 g/mol. The van der Waals surface area contributed by atoms with Crippen LogP contribution in [0.3, 0.4) is 0 Å². The van der Waals surface area contributed by atoms with Crippen LogP contribution < -0.4 is 9.47 Å². The van der Waals surface area contributed by atoms with Gasteiger partial charge in [0.1, 0.15) is 12.4 Å². The third-order valence-electron chi connectivity index (χ3n) is 3.00. The number of aliphatic hydroxyl groups is 1. The molecule has 0 aromatic heterocycles. The minimum absolute atomic E-state index is 0.0597. The van der Waals surface area contributed by atoms with Crippen LogP contribution in [0.4, 0.5) is 4.39 Å². The van der Waals surface area contributed by atoms with E-state index in [9.17, 15) is 4.39 Å². The van der Waals surface area contributed by atoms with Gasteiger partial charge < -0.3 is 14.6 Å². The second-order valence-electron chi connectivity index (χ2n) is 4.53. The van der Waals surface area contributed by atoms with Crippen molar-refractivity contribution in [2.24, 2.45) is 0 Å². The van der Waals surface area contributed by atoms with Gasteiger partial charge in [-0.15, -0.1) is 0 Å². The van der Waals surface area contributed by atoms with Crippen molar-refractivity contribution in [2.45, 2.75) is 20.1 Å². The van der Waals surface area contributed by atoms with E-state index in [1.54, 1.807) is 37.4 Å². The van der Waals surface area contributed by atoms with E-state index in [1.165, 1.54) is 6.07 Å². The maximum atomic E-state index is 13.6. The molecule has 4 heteroatoms. The van der Waals surface area contributed by atoms with Gasteiger partial charge in [0.15, 0.2) is 11.6 Å². The van der Waals surface area contributed by atoms with Crippen LogP contribution in [-0.2, 0) is 13.2 Å². The van der Waals surface area contributed by atoms with Crippen LogP contribution >= 0.6 is 0 Å². The first-order chi connectivity index (χ1) is 9.63. The Morgan fingerprint density at radius 2 is 1.90 bits per heavy atom. The van der Waals surface area contributed by atoms with Gasteiger partial charge in [-0.3, -0.25) is 0 Å². The van der Waals surface area contributed by atoms with E-state index in [0.29, 0.717) is 5.75 Å².